The van der Waals surface area contributed by atoms with Gasteiger partial charge in [0.05, 0.1) is 18.3 Å². The molecule has 0 aliphatic carbocycles. The predicted molar refractivity (Wildman–Crippen MR) is 66.4 cm³/mol. The minimum Gasteiger partial charge on any atom is -0.397 e. The van der Waals surface area contributed by atoms with E-state index < -0.39 is 12.5 Å². The van der Waals surface area contributed by atoms with E-state index in [0.717, 1.165) is 6.92 Å². The number of nitrogen functional groups attached to an aromatic ring is 1. The highest BCUT2D eigenvalue weighted by Crippen LogP contribution is 2.28. The molecule has 0 radical (unpaired) electrons. The van der Waals surface area contributed by atoms with Crippen LogP contribution in [0.4, 0.5) is 5.69 Å². The first-order chi connectivity index (χ1) is 9.05. The van der Waals surface area contributed by atoms with Crippen molar-refractivity contribution in [2.75, 3.05) is 5.73 Å². The van der Waals surface area contributed by atoms with Crippen molar-refractivity contribution in [1.29, 1.82) is 0 Å². The van der Waals surface area contributed by atoms with E-state index in [4.69, 9.17) is 22.8 Å². The molecule has 0 aliphatic rings. The molecule has 0 saturated heterocycles. The normalized spacial score (nSPS) is 19.4. The van der Waals surface area contributed by atoms with Crippen LogP contribution in [0.5, 0.6) is 0 Å². The van der Waals surface area contributed by atoms with Crippen molar-refractivity contribution < 1.29 is 10.6 Å². The number of nitrogens with zero attached hydrogens (tertiary/aromatic N) is 1. The van der Waals surface area contributed by atoms with E-state index in [9.17, 15) is 5.11 Å². The zero-order valence-electron chi connectivity index (χ0n) is 12.6. The van der Waals surface area contributed by atoms with Crippen molar-refractivity contribution in [3.8, 4) is 0 Å². The van der Waals surface area contributed by atoms with Crippen molar-refractivity contribution in [1.82, 2.24) is 4.98 Å². The van der Waals surface area contributed by atoms with Crippen LogP contribution in [0.2, 0.25) is 5.02 Å². The Morgan fingerprint density at radius 2 is 2.38 bits per heavy atom. The van der Waals surface area contributed by atoms with Crippen LogP contribution in [0.1, 0.15) is 25.0 Å². The molecule has 0 spiro atoms. The summed E-state index contributed by atoms with van der Waals surface area (Å²) < 4.78 is 30.2. The van der Waals surface area contributed by atoms with Gasteiger partial charge in [0.15, 0.2) is 0 Å². The Balaban J connectivity index is 2.80. The van der Waals surface area contributed by atoms with Gasteiger partial charge in [-0.1, -0.05) is 11.6 Å². The number of rotatable bonds is 1. The van der Waals surface area contributed by atoms with Gasteiger partial charge in [-0.25, -0.2) is 4.98 Å². The molecule has 1 unspecified atom stereocenters. The summed E-state index contributed by atoms with van der Waals surface area (Å²) in [4.78, 5) is 4.10. The average Bonchev–Trinajstić information content (AvgIpc) is 2.32. The Morgan fingerprint density at radius 3 is 3.06 bits per heavy atom. The first-order valence-corrected chi connectivity index (χ1v) is 5.01. The number of hydrogen-bond acceptors (Lipinski definition) is 3. The van der Waals surface area contributed by atoms with Crippen molar-refractivity contribution in [3.63, 3.8) is 0 Å². The zero-order valence-corrected chi connectivity index (χ0v) is 9.34. The monoisotopic (exact) mass is 240 g/mol. The number of aromatic nitrogens is 1. The summed E-state index contributed by atoms with van der Waals surface area (Å²) in [7, 11) is 0. The molecule has 0 amide bonds. The second-order valence-electron chi connectivity index (χ2n) is 3.73. The Labute approximate surface area is 104 Å². The SMILES string of the molecule is [2H]c1c(N)c(C(C)(O)C([2H])([2H])[2H])nc2ccc(Cl)cc12. The van der Waals surface area contributed by atoms with E-state index in [-0.39, 0.29) is 17.4 Å². The number of anilines is 1. The van der Waals surface area contributed by atoms with Gasteiger partial charge in [0, 0.05) is 14.5 Å². The lowest BCUT2D eigenvalue weighted by atomic mass is 10.0. The maximum atomic E-state index is 10.2. The second-order valence-corrected chi connectivity index (χ2v) is 4.17. The molecule has 16 heavy (non-hydrogen) atoms. The highest BCUT2D eigenvalue weighted by molar-refractivity contribution is 6.31. The first-order valence-electron chi connectivity index (χ1n) is 6.64. The molecular formula is C12H13ClN2O. The molecule has 84 valence electrons. The number of benzene rings is 1. The molecule has 0 fully saturated rings. The molecule has 4 heteroatoms. The Hall–Kier alpha value is -1.32. The maximum absolute atomic E-state index is 10.2. The van der Waals surface area contributed by atoms with E-state index in [0.29, 0.717) is 15.9 Å². The van der Waals surface area contributed by atoms with Crippen LogP contribution >= 0.6 is 11.6 Å². The smallest absolute Gasteiger partial charge is 0.103 e. The lowest BCUT2D eigenvalue weighted by Gasteiger charge is -2.19. The van der Waals surface area contributed by atoms with Crippen LogP contribution in [0.25, 0.3) is 10.9 Å². The lowest BCUT2D eigenvalue weighted by Crippen LogP contribution is -2.19. The highest BCUT2D eigenvalue weighted by atomic mass is 35.5. The Morgan fingerprint density at radius 1 is 1.62 bits per heavy atom. The average molecular weight is 241 g/mol. The maximum Gasteiger partial charge on any atom is 0.103 e. The molecule has 1 atom stereocenters. The number of aliphatic hydroxyl groups is 1. The van der Waals surface area contributed by atoms with Crippen LogP contribution in [-0.2, 0) is 5.60 Å². The standard InChI is InChI=1S/C12H13ClN2O/c1-12(2,16)11-9(14)6-7-5-8(13)3-4-10(7)15-11/h3-6,16H,14H2,1-2H3/i1D3,6D. The molecule has 1 aromatic heterocycles. The van der Waals surface area contributed by atoms with Crippen molar-refractivity contribution in [3.05, 3.63) is 35.0 Å². The highest BCUT2D eigenvalue weighted by Gasteiger charge is 2.21. The summed E-state index contributed by atoms with van der Waals surface area (Å²) in [5, 5.41) is 11.0. The molecule has 0 bridgehead atoms. The zero-order chi connectivity index (χ0) is 15.3. The number of fused-ring (bicyclic) bond motifs is 1. The van der Waals surface area contributed by atoms with Crippen LogP contribution in [0, 0.1) is 0 Å². The lowest BCUT2D eigenvalue weighted by molar-refractivity contribution is 0.0751. The number of hydrogen-bond donors (Lipinski definition) is 2. The van der Waals surface area contributed by atoms with Gasteiger partial charge in [0.25, 0.3) is 0 Å². The summed E-state index contributed by atoms with van der Waals surface area (Å²) >= 11 is 5.85. The van der Waals surface area contributed by atoms with E-state index in [2.05, 4.69) is 4.98 Å². The summed E-state index contributed by atoms with van der Waals surface area (Å²) in [5.41, 5.74) is 3.51. The van der Waals surface area contributed by atoms with Gasteiger partial charge in [-0.3, -0.25) is 0 Å². The Kier molecular flexibility index (Phi) is 1.60. The van der Waals surface area contributed by atoms with Crippen LogP contribution in [0.15, 0.2) is 24.2 Å². The third-order valence-corrected chi connectivity index (χ3v) is 2.41. The third-order valence-electron chi connectivity index (χ3n) is 2.18. The van der Waals surface area contributed by atoms with Crippen molar-refractivity contribution in [2.24, 2.45) is 0 Å². The molecule has 3 nitrogen and oxygen atoms in total. The van der Waals surface area contributed by atoms with Gasteiger partial charge < -0.3 is 10.8 Å². The van der Waals surface area contributed by atoms with Gasteiger partial charge in [-0.2, -0.15) is 0 Å². The molecule has 2 aromatic rings. The Bertz CT molecular complexity index is 685. The summed E-state index contributed by atoms with van der Waals surface area (Å²) in [6.45, 7) is -1.60. The molecule has 0 aliphatic heterocycles. The van der Waals surface area contributed by atoms with E-state index >= 15 is 0 Å². The van der Waals surface area contributed by atoms with Gasteiger partial charge in [0.2, 0.25) is 0 Å². The predicted octanol–water partition coefficient (Wildman–Crippen LogP) is 2.70. The van der Waals surface area contributed by atoms with E-state index in [1.54, 1.807) is 12.1 Å². The van der Waals surface area contributed by atoms with Gasteiger partial charge in [-0.15, -0.1) is 0 Å². The number of pyridine rings is 1. The molecule has 1 aromatic carbocycles. The molecule has 0 saturated carbocycles. The van der Waals surface area contributed by atoms with Crippen molar-refractivity contribution >= 4 is 28.2 Å². The second kappa shape index (κ2) is 3.61. The van der Waals surface area contributed by atoms with Crippen LogP contribution in [0.3, 0.4) is 0 Å². The fourth-order valence-corrected chi connectivity index (χ4v) is 1.63. The summed E-state index contributed by atoms with van der Waals surface area (Å²) in [5.74, 6) is 0. The fraction of sp³-hybridized carbons (Fsp3) is 0.250. The molecule has 3 N–H and O–H groups in total. The summed E-state index contributed by atoms with van der Waals surface area (Å²) in [6.07, 6.45) is 0. The minimum atomic E-state index is -2.71. The molecular weight excluding hydrogens is 224 g/mol. The van der Waals surface area contributed by atoms with E-state index in [1.165, 1.54) is 6.07 Å². The topological polar surface area (TPSA) is 59.1 Å². The quantitative estimate of drug-likeness (QED) is 0.806. The van der Waals surface area contributed by atoms with E-state index in [1.807, 2.05) is 0 Å². The summed E-state index contributed by atoms with van der Waals surface area (Å²) in [6, 6.07) is 4.54. The number of halogens is 1. The van der Waals surface area contributed by atoms with Crippen LogP contribution in [-0.4, -0.2) is 10.1 Å². The minimum absolute atomic E-state index is 0.1000. The van der Waals surface area contributed by atoms with Gasteiger partial charge in [-0.05, 0) is 38.0 Å². The third kappa shape index (κ3) is 1.96. The first kappa shape index (κ1) is 7.09. The fourth-order valence-electron chi connectivity index (χ4n) is 1.46. The largest absolute Gasteiger partial charge is 0.397 e. The van der Waals surface area contributed by atoms with Gasteiger partial charge >= 0.3 is 0 Å². The van der Waals surface area contributed by atoms with Crippen molar-refractivity contribution in [2.45, 2.75) is 19.4 Å². The number of nitrogens with two attached hydrogens (primary N) is 1. The molecule has 2 rings (SSSR count). The van der Waals surface area contributed by atoms with Gasteiger partial charge in [0.1, 0.15) is 5.60 Å². The molecule has 1 heterocycles. The van der Waals surface area contributed by atoms with Crippen LogP contribution < -0.4 is 5.73 Å².